The third-order valence-corrected chi connectivity index (χ3v) is 2.22. The molecule has 0 saturated carbocycles. The molecule has 116 valence electrons. The van der Waals surface area contributed by atoms with Crippen LogP contribution in [0.3, 0.4) is 0 Å². The van der Waals surface area contributed by atoms with Crippen molar-refractivity contribution in [3.8, 4) is 0 Å². The van der Waals surface area contributed by atoms with E-state index in [-0.39, 0.29) is 0 Å². The average molecular weight is 288 g/mol. The van der Waals surface area contributed by atoms with Crippen LogP contribution in [-0.4, -0.2) is 47.8 Å². The van der Waals surface area contributed by atoms with Crippen LogP contribution in [0, 0.1) is 0 Å². The van der Waals surface area contributed by atoms with Crippen molar-refractivity contribution in [3.63, 3.8) is 0 Å². The summed E-state index contributed by atoms with van der Waals surface area (Å²) in [6, 6.07) is -1.96. The van der Waals surface area contributed by atoms with Gasteiger partial charge in [0.2, 0.25) is 0 Å². The monoisotopic (exact) mass is 288 g/mol. The van der Waals surface area contributed by atoms with Crippen LogP contribution in [-0.2, 0) is 14.3 Å². The molecule has 0 aromatic heterocycles. The lowest BCUT2D eigenvalue weighted by atomic mass is 10.2. The number of urea groups is 1. The molecule has 1 N–H and O–H groups in total. The Hall–Kier alpha value is -1.79. The zero-order chi connectivity index (χ0) is 16.1. The van der Waals surface area contributed by atoms with E-state index in [1.165, 1.54) is 14.0 Å². The van der Waals surface area contributed by atoms with Gasteiger partial charge in [-0.25, -0.2) is 19.3 Å². The minimum Gasteiger partial charge on any atom is -0.467 e. The molecule has 1 atom stereocenters. The number of ether oxygens (including phenoxy) is 2. The van der Waals surface area contributed by atoms with Crippen LogP contribution in [0.25, 0.3) is 0 Å². The van der Waals surface area contributed by atoms with Gasteiger partial charge in [-0.05, 0) is 41.5 Å². The van der Waals surface area contributed by atoms with E-state index in [0.717, 1.165) is 4.90 Å². The number of rotatable bonds is 3. The molecule has 20 heavy (non-hydrogen) atoms. The van der Waals surface area contributed by atoms with Crippen LogP contribution in [0.4, 0.5) is 9.59 Å². The van der Waals surface area contributed by atoms with Gasteiger partial charge in [-0.2, -0.15) is 0 Å². The number of imide groups is 1. The molecule has 0 aliphatic carbocycles. The summed E-state index contributed by atoms with van der Waals surface area (Å²) in [6.07, 6.45) is -0.762. The standard InChI is InChI=1S/C13H24N2O5/c1-8(2)15(12(18)20-13(4,5)6)11(17)14-9(3)10(16)19-7/h8-9H,1-7H3,(H,14,17)/t9-/m0/s1. The second kappa shape index (κ2) is 7.12. The normalized spacial score (nSPS) is 12.6. The minimum atomic E-state index is -0.851. The van der Waals surface area contributed by atoms with Gasteiger partial charge in [-0.3, -0.25) is 0 Å². The first-order valence-corrected chi connectivity index (χ1v) is 6.40. The van der Waals surface area contributed by atoms with Crippen molar-refractivity contribution < 1.29 is 23.9 Å². The van der Waals surface area contributed by atoms with E-state index in [1.54, 1.807) is 34.6 Å². The van der Waals surface area contributed by atoms with Crippen LogP contribution in [0.15, 0.2) is 0 Å². The molecule has 0 aliphatic rings. The molecular formula is C13H24N2O5. The second-order valence-corrected chi connectivity index (χ2v) is 5.64. The number of nitrogens with zero attached hydrogens (tertiary/aromatic N) is 1. The Morgan fingerprint density at radius 2 is 1.60 bits per heavy atom. The number of carbonyl (C=O) groups excluding carboxylic acids is 3. The van der Waals surface area contributed by atoms with E-state index in [4.69, 9.17) is 4.74 Å². The summed E-state index contributed by atoms with van der Waals surface area (Å²) in [5, 5.41) is 2.39. The first-order valence-electron chi connectivity index (χ1n) is 6.40. The van der Waals surface area contributed by atoms with Crippen LogP contribution in [0.2, 0.25) is 0 Å². The molecule has 0 aromatic rings. The fraction of sp³-hybridized carbons (Fsp3) is 0.769. The maximum absolute atomic E-state index is 12.0. The molecule has 0 bridgehead atoms. The third-order valence-electron chi connectivity index (χ3n) is 2.22. The first kappa shape index (κ1) is 18.2. The number of methoxy groups -OCH3 is 1. The summed E-state index contributed by atoms with van der Waals surface area (Å²) in [6.45, 7) is 9.94. The molecule has 0 aromatic carbocycles. The highest BCUT2D eigenvalue weighted by atomic mass is 16.6. The van der Waals surface area contributed by atoms with E-state index < -0.39 is 35.8 Å². The van der Waals surface area contributed by atoms with Gasteiger partial charge in [0.1, 0.15) is 11.6 Å². The molecule has 0 radical (unpaired) electrons. The Bertz CT molecular complexity index is 373. The van der Waals surface area contributed by atoms with E-state index in [0.29, 0.717) is 0 Å². The molecule has 0 spiro atoms. The van der Waals surface area contributed by atoms with E-state index >= 15 is 0 Å². The maximum atomic E-state index is 12.0. The van der Waals surface area contributed by atoms with Crippen molar-refractivity contribution in [2.45, 2.75) is 59.2 Å². The number of carbonyl (C=O) groups is 3. The highest BCUT2D eigenvalue weighted by Gasteiger charge is 2.31. The molecular weight excluding hydrogens is 264 g/mol. The zero-order valence-corrected chi connectivity index (χ0v) is 13.1. The lowest BCUT2D eigenvalue weighted by Crippen LogP contribution is -2.52. The highest BCUT2D eigenvalue weighted by Crippen LogP contribution is 2.12. The van der Waals surface area contributed by atoms with Crippen LogP contribution >= 0.6 is 0 Å². The maximum Gasteiger partial charge on any atom is 0.418 e. The third kappa shape index (κ3) is 5.90. The fourth-order valence-corrected chi connectivity index (χ4v) is 1.33. The lowest BCUT2D eigenvalue weighted by molar-refractivity contribution is -0.142. The van der Waals surface area contributed by atoms with Crippen LogP contribution in [0.1, 0.15) is 41.5 Å². The molecule has 0 rings (SSSR count). The van der Waals surface area contributed by atoms with Crippen molar-refractivity contribution >= 4 is 18.1 Å². The van der Waals surface area contributed by atoms with Gasteiger partial charge in [0.15, 0.2) is 0 Å². The lowest BCUT2D eigenvalue weighted by Gasteiger charge is -2.29. The van der Waals surface area contributed by atoms with E-state index in [9.17, 15) is 14.4 Å². The van der Waals surface area contributed by atoms with Gasteiger partial charge in [0.25, 0.3) is 0 Å². The molecule has 7 heteroatoms. The minimum absolute atomic E-state index is 0.408. The van der Waals surface area contributed by atoms with Crippen molar-refractivity contribution in [2.24, 2.45) is 0 Å². The molecule has 0 fully saturated rings. The highest BCUT2D eigenvalue weighted by molar-refractivity contribution is 5.93. The largest absolute Gasteiger partial charge is 0.467 e. The summed E-state index contributed by atoms with van der Waals surface area (Å²) in [7, 11) is 1.22. The summed E-state index contributed by atoms with van der Waals surface area (Å²) in [4.78, 5) is 36.2. The fourth-order valence-electron chi connectivity index (χ4n) is 1.33. The quantitative estimate of drug-likeness (QED) is 0.802. The number of amides is 3. The van der Waals surface area contributed by atoms with Gasteiger partial charge >= 0.3 is 18.1 Å². The predicted molar refractivity (Wildman–Crippen MR) is 73.2 cm³/mol. The smallest absolute Gasteiger partial charge is 0.418 e. The van der Waals surface area contributed by atoms with Gasteiger partial charge in [0, 0.05) is 6.04 Å². The number of nitrogens with one attached hydrogen (secondary N) is 1. The average Bonchev–Trinajstić information content (AvgIpc) is 2.24. The SMILES string of the molecule is COC(=O)[C@H](C)NC(=O)N(C(=O)OC(C)(C)C)C(C)C. The Kier molecular flexibility index (Phi) is 6.48. The summed E-state index contributed by atoms with van der Waals surface area (Å²) in [5.74, 6) is -0.591. The van der Waals surface area contributed by atoms with Gasteiger partial charge < -0.3 is 14.8 Å². The topological polar surface area (TPSA) is 84.9 Å². The Labute approximate surface area is 119 Å². The van der Waals surface area contributed by atoms with Gasteiger partial charge in [-0.1, -0.05) is 0 Å². The summed E-state index contributed by atoms with van der Waals surface area (Å²) in [5.41, 5.74) is -0.710. The Morgan fingerprint density at radius 3 is 1.95 bits per heavy atom. The molecule has 3 amide bonds. The number of hydrogen-bond donors (Lipinski definition) is 1. The molecule has 0 unspecified atom stereocenters. The Morgan fingerprint density at radius 1 is 1.10 bits per heavy atom. The van der Waals surface area contributed by atoms with Crippen molar-refractivity contribution in [2.75, 3.05) is 7.11 Å². The van der Waals surface area contributed by atoms with Gasteiger partial charge in [0.05, 0.1) is 7.11 Å². The first-order chi connectivity index (χ1) is 8.99. The van der Waals surface area contributed by atoms with E-state index in [1.807, 2.05) is 0 Å². The molecule has 0 aliphatic heterocycles. The van der Waals surface area contributed by atoms with Crippen LogP contribution < -0.4 is 5.32 Å². The number of hydrogen-bond acceptors (Lipinski definition) is 5. The summed E-state index contributed by atoms with van der Waals surface area (Å²) < 4.78 is 9.67. The van der Waals surface area contributed by atoms with Crippen molar-refractivity contribution in [3.05, 3.63) is 0 Å². The Balaban J connectivity index is 4.88. The second-order valence-electron chi connectivity index (χ2n) is 5.64. The summed E-state index contributed by atoms with van der Waals surface area (Å²) >= 11 is 0. The van der Waals surface area contributed by atoms with Crippen molar-refractivity contribution in [1.29, 1.82) is 0 Å². The molecule has 0 heterocycles. The van der Waals surface area contributed by atoms with Crippen LogP contribution in [0.5, 0.6) is 0 Å². The van der Waals surface area contributed by atoms with Gasteiger partial charge in [-0.15, -0.1) is 0 Å². The van der Waals surface area contributed by atoms with Crippen molar-refractivity contribution in [1.82, 2.24) is 10.2 Å². The van der Waals surface area contributed by atoms with E-state index in [2.05, 4.69) is 10.1 Å². The number of esters is 1. The predicted octanol–water partition coefficient (Wildman–Crippen LogP) is 1.90. The zero-order valence-electron chi connectivity index (χ0n) is 13.1. The molecule has 0 saturated heterocycles. The molecule has 7 nitrogen and oxygen atoms in total.